The van der Waals surface area contributed by atoms with Gasteiger partial charge in [-0.15, -0.1) is 0 Å². The number of rotatable bonds is 3. The van der Waals surface area contributed by atoms with Crippen LogP contribution in [0, 0.1) is 22.0 Å². The van der Waals surface area contributed by atoms with Gasteiger partial charge in [-0.3, -0.25) is 0 Å². The zero-order chi connectivity index (χ0) is 10.4. The fraction of sp³-hybridized carbons (Fsp3) is 0.200. The minimum absolute atomic E-state index is 0.500. The third-order valence-electron chi connectivity index (χ3n) is 1.54. The van der Waals surface area contributed by atoms with E-state index in [9.17, 15) is 0 Å². The molecule has 0 atom stereocenters. The van der Waals surface area contributed by atoms with Gasteiger partial charge in [0.25, 0.3) is 0 Å². The summed E-state index contributed by atoms with van der Waals surface area (Å²) in [5.41, 5.74) is 0.500. The largest absolute Gasteiger partial charge is 0.494 e. The third kappa shape index (κ3) is 2.42. The molecule has 0 aromatic heterocycles. The van der Waals surface area contributed by atoms with E-state index in [2.05, 4.69) is 0 Å². The number of nitrogens with zero attached hydrogens (tertiary/aromatic N) is 2. The van der Waals surface area contributed by atoms with Crippen LogP contribution in [0.15, 0.2) is 23.1 Å². The standard InChI is InChI=1S/C10H8N2OS/c1-2-13-9-4-3-8(6-11)10(5-9)14-7-12/h3-5H,2H2,1H3. The second-order valence-corrected chi connectivity index (χ2v) is 3.22. The predicted octanol–water partition coefficient (Wildman–Crippen LogP) is 2.53. The lowest BCUT2D eigenvalue weighted by molar-refractivity contribution is 0.339. The Morgan fingerprint density at radius 3 is 2.79 bits per heavy atom. The van der Waals surface area contributed by atoms with Gasteiger partial charge >= 0.3 is 0 Å². The van der Waals surface area contributed by atoms with Crippen LogP contribution < -0.4 is 4.74 Å². The lowest BCUT2D eigenvalue weighted by Crippen LogP contribution is -1.92. The van der Waals surface area contributed by atoms with Gasteiger partial charge in [-0.05, 0) is 36.9 Å². The Kier molecular flexibility index (Phi) is 3.84. The second-order valence-electron chi connectivity index (χ2n) is 2.40. The van der Waals surface area contributed by atoms with Crippen molar-refractivity contribution in [3.8, 4) is 17.2 Å². The van der Waals surface area contributed by atoms with Crippen LogP contribution >= 0.6 is 11.8 Å². The zero-order valence-corrected chi connectivity index (χ0v) is 8.47. The average molecular weight is 204 g/mol. The lowest BCUT2D eigenvalue weighted by atomic mass is 10.2. The van der Waals surface area contributed by atoms with Crippen molar-refractivity contribution in [1.82, 2.24) is 0 Å². The fourth-order valence-corrected chi connectivity index (χ4v) is 1.48. The van der Waals surface area contributed by atoms with Crippen molar-refractivity contribution < 1.29 is 4.74 Å². The van der Waals surface area contributed by atoms with Crippen molar-refractivity contribution >= 4 is 11.8 Å². The maximum absolute atomic E-state index is 8.75. The highest BCUT2D eigenvalue weighted by Gasteiger charge is 2.04. The normalized spacial score (nSPS) is 8.79. The molecule has 14 heavy (non-hydrogen) atoms. The molecule has 70 valence electrons. The highest BCUT2D eigenvalue weighted by molar-refractivity contribution is 8.03. The van der Waals surface area contributed by atoms with Crippen LogP contribution in [0.4, 0.5) is 0 Å². The maximum atomic E-state index is 8.75. The van der Waals surface area contributed by atoms with E-state index >= 15 is 0 Å². The smallest absolute Gasteiger partial charge is 0.138 e. The highest BCUT2D eigenvalue weighted by Crippen LogP contribution is 2.26. The van der Waals surface area contributed by atoms with Gasteiger partial charge in [-0.1, -0.05) is 0 Å². The molecule has 0 N–H and O–H groups in total. The number of thiocyanates is 1. The summed E-state index contributed by atoms with van der Waals surface area (Å²) in [6.07, 6.45) is 0. The SMILES string of the molecule is CCOc1ccc(C#N)c(SC#N)c1. The van der Waals surface area contributed by atoms with Crippen molar-refractivity contribution in [1.29, 1.82) is 10.5 Å². The summed E-state index contributed by atoms with van der Waals surface area (Å²) in [6, 6.07) is 7.11. The zero-order valence-electron chi connectivity index (χ0n) is 7.65. The number of benzene rings is 1. The van der Waals surface area contributed by atoms with Gasteiger partial charge in [0, 0.05) is 4.90 Å². The maximum Gasteiger partial charge on any atom is 0.138 e. The molecule has 3 nitrogen and oxygen atoms in total. The summed E-state index contributed by atoms with van der Waals surface area (Å²) in [5, 5.41) is 19.2. The van der Waals surface area contributed by atoms with E-state index < -0.39 is 0 Å². The minimum Gasteiger partial charge on any atom is -0.494 e. The molecule has 0 heterocycles. The molecular formula is C10H8N2OS. The fourth-order valence-electron chi connectivity index (χ4n) is 0.985. The van der Waals surface area contributed by atoms with E-state index in [-0.39, 0.29) is 0 Å². The van der Waals surface area contributed by atoms with Gasteiger partial charge in [0.05, 0.1) is 12.2 Å². The van der Waals surface area contributed by atoms with E-state index in [4.69, 9.17) is 15.3 Å². The van der Waals surface area contributed by atoms with Crippen LogP contribution in [-0.4, -0.2) is 6.61 Å². The first-order valence-corrected chi connectivity index (χ1v) is 4.86. The van der Waals surface area contributed by atoms with E-state index in [1.165, 1.54) is 0 Å². The Hall–Kier alpha value is -1.65. The molecule has 0 saturated carbocycles. The molecule has 0 bridgehead atoms. The molecule has 1 rings (SSSR count). The molecule has 0 fully saturated rings. The summed E-state index contributed by atoms with van der Waals surface area (Å²) >= 11 is 0.970. The van der Waals surface area contributed by atoms with Crippen molar-refractivity contribution in [3.63, 3.8) is 0 Å². The van der Waals surface area contributed by atoms with Crippen LogP contribution in [0.5, 0.6) is 5.75 Å². The van der Waals surface area contributed by atoms with E-state index in [0.29, 0.717) is 22.8 Å². The monoisotopic (exact) mass is 204 g/mol. The summed E-state index contributed by atoms with van der Waals surface area (Å²) in [5.74, 6) is 0.684. The van der Waals surface area contributed by atoms with Crippen LogP contribution in [-0.2, 0) is 0 Å². The van der Waals surface area contributed by atoms with Crippen LogP contribution in [0.1, 0.15) is 12.5 Å². The first kappa shape index (κ1) is 10.4. The Morgan fingerprint density at radius 2 is 2.21 bits per heavy atom. The predicted molar refractivity (Wildman–Crippen MR) is 53.8 cm³/mol. The molecule has 0 amide bonds. The van der Waals surface area contributed by atoms with Gasteiger partial charge < -0.3 is 4.74 Å². The van der Waals surface area contributed by atoms with Crippen molar-refractivity contribution in [3.05, 3.63) is 23.8 Å². The first-order valence-electron chi connectivity index (χ1n) is 4.04. The number of nitriles is 2. The van der Waals surface area contributed by atoms with Gasteiger partial charge in [0.2, 0.25) is 0 Å². The Balaban J connectivity index is 3.03. The highest BCUT2D eigenvalue weighted by atomic mass is 32.2. The molecule has 1 aromatic carbocycles. The molecule has 0 aliphatic rings. The van der Waals surface area contributed by atoms with Gasteiger partial charge in [0.1, 0.15) is 17.2 Å². The Bertz CT molecular complexity index is 404. The van der Waals surface area contributed by atoms with Gasteiger partial charge in [-0.2, -0.15) is 10.5 Å². The van der Waals surface area contributed by atoms with Crippen LogP contribution in [0.3, 0.4) is 0 Å². The summed E-state index contributed by atoms with van der Waals surface area (Å²) in [6.45, 7) is 2.46. The lowest BCUT2D eigenvalue weighted by Gasteiger charge is -2.04. The quantitative estimate of drug-likeness (QED) is 0.560. The molecule has 0 saturated heterocycles. The second kappa shape index (κ2) is 5.16. The molecular weight excluding hydrogens is 196 g/mol. The Morgan fingerprint density at radius 1 is 1.43 bits per heavy atom. The van der Waals surface area contributed by atoms with E-state index in [1.807, 2.05) is 18.4 Å². The van der Waals surface area contributed by atoms with E-state index in [0.717, 1.165) is 11.8 Å². The molecule has 0 spiro atoms. The topological polar surface area (TPSA) is 56.8 Å². The molecule has 0 aliphatic carbocycles. The number of hydrogen-bond donors (Lipinski definition) is 0. The van der Waals surface area contributed by atoms with Crippen LogP contribution in [0.2, 0.25) is 0 Å². The summed E-state index contributed by atoms with van der Waals surface area (Å²) in [4.78, 5) is 0.640. The Labute approximate surface area is 86.9 Å². The van der Waals surface area contributed by atoms with Crippen molar-refractivity contribution in [2.45, 2.75) is 11.8 Å². The average Bonchev–Trinajstić information content (AvgIpc) is 2.19. The molecule has 1 aromatic rings. The number of hydrogen-bond acceptors (Lipinski definition) is 4. The number of thioether (sulfide) groups is 1. The molecule has 0 aliphatic heterocycles. The van der Waals surface area contributed by atoms with Crippen LogP contribution in [0.25, 0.3) is 0 Å². The van der Waals surface area contributed by atoms with Crippen molar-refractivity contribution in [2.75, 3.05) is 6.61 Å². The molecule has 0 radical (unpaired) electrons. The first-order chi connectivity index (χ1) is 6.81. The van der Waals surface area contributed by atoms with Gasteiger partial charge in [0.15, 0.2) is 0 Å². The summed E-state index contributed by atoms with van der Waals surface area (Å²) < 4.78 is 5.26. The minimum atomic E-state index is 0.500. The van der Waals surface area contributed by atoms with Crippen molar-refractivity contribution in [2.24, 2.45) is 0 Å². The molecule has 4 heteroatoms. The number of ether oxygens (including phenoxy) is 1. The van der Waals surface area contributed by atoms with Gasteiger partial charge in [-0.25, -0.2) is 0 Å². The summed E-state index contributed by atoms with van der Waals surface area (Å²) in [7, 11) is 0. The third-order valence-corrected chi connectivity index (χ3v) is 2.19. The molecule has 0 unspecified atom stereocenters. The van der Waals surface area contributed by atoms with E-state index in [1.54, 1.807) is 18.2 Å².